The van der Waals surface area contributed by atoms with Crippen LogP contribution >= 0.6 is 0 Å². The van der Waals surface area contributed by atoms with Crippen molar-refractivity contribution in [2.24, 2.45) is 0 Å². The number of hydrogen-bond acceptors (Lipinski definition) is 6. The summed E-state index contributed by atoms with van der Waals surface area (Å²) >= 11 is 0. The molecule has 1 heterocycles. The summed E-state index contributed by atoms with van der Waals surface area (Å²) in [6, 6.07) is 8.92. The number of Topliss-reactive ketones (excluding diaryl/α,β-unsaturated/α-hetero) is 1. The molecular formula is C18H20O6. The van der Waals surface area contributed by atoms with Gasteiger partial charge in [-0.3, -0.25) is 14.4 Å². The monoisotopic (exact) mass is 332 g/mol. The van der Waals surface area contributed by atoms with Crippen LogP contribution in [0.4, 0.5) is 0 Å². The molecule has 3 atom stereocenters. The van der Waals surface area contributed by atoms with Crippen molar-refractivity contribution in [2.75, 3.05) is 6.61 Å². The number of benzene rings is 1. The predicted octanol–water partition coefficient (Wildman–Crippen LogP) is 2.08. The van der Waals surface area contributed by atoms with Crippen LogP contribution in [0.15, 0.2) is 42.5 Å². The van der Waals surface area contributed by atoms with Crippen LogP contribution in [0.5, 0.6) is 0 Å². The van der Waals surface area contributed by atoms with E-state index in [-0.39, 0.29) is 18.8 Å². The quantitative estimate of drug-likeness (QED) is 0.451. The molecule has 0 aromatic heterocycles. The van der Waals surface area contributed by atoms with Crippen LogP contribution in [0, 0.1) is 0 Å². The van der Waals surface area contributed by atoms with E-state index in [9.17, 15) is 14.4 Å². The molecule has 0 spiro atoms. The van der Waals surface area contributed by atoms with Gasteiger partial charge in [-0.25, -0.2) is 0 Å². The van der Waals surface area contributed by atoms with Crippen molar-refractivity contribution < 1.29 is 28.6 Å². The molecule has 0 saturated heterocycles. The van der Waals surface area contributed by atoms with Gasteiger partial charge in [0.15, 0.2) is 5.78 Å². The minimum absolute atomic E-state index is 0.0480. The van der Waals surface area contributed by atoms with Gasteiger partial charge in [-0.2, -0.15) is 0 Å². The van der Waals surface area contributed by atoms with Gasteiger partial charge in [0.1, 0.15) is 18.8 Å². The smallest absolute Gasteiger partial charge is 0.303 e. The summed E-state index contributed by atoms with van der Waals surface area (Å²) < 4.78 is 15.9. The summed E-state index contributed by atoms with van der Waals surface area (Å²) in [7, 11) is 0. The fourth-order valence-corrected chi connectivity index (χ4v) is 2.39. The Balaban J connectivity index is 2.02. The Labute approximate surface area is 140 Å². The molecule has 0 bridgehead atoms. The Hall–Kier alpha value is -2.47. The summed E-state index contributed by atoms with van der Waals surface area (Å²) in [6.07, 6.45) is 1.76. The Morgan fingerprint density at radius 3 is 2.38 bits per heavy atom. The van der Waals surface area contributed by atoms with Crippen LogP contribution in [0.3, 0.4) is 0 Å². The molecule has 0 N–H and O–H groups in total. The molecule has 1 aliphatic heterocycles. The Bertz CT molecular complexity index is 622. The molecule has 2 rings (SSSR count). The van der Waals surface area contributed by atoms with E-state index >= 15 is 0 Å². The van der Waals surface area contributed by atoms with Crippen LogP contribution in [0.2, 0.25) is 0 Å². The van der Waals surface area contributed by atoms with Gasteiger partial charge in [0, 0.05) is 25.8 Å². The lowest BCUT2D eigenvalue weighted by Gasteiger charge is -2.31. The molecule has 0 saturated carbocycles. The van der Waals surface area contributed by atoms with Crippen molar-refractivity contribution in [2.45, 2.75) is 38.6 Å². The molecule has 1 aromatic rings. The number of rotatable bonds is 6. The second kappa shape index (κ2) is 8.40. The number of carbonyl (C=O) groups is 3. The van der Waals surface area contributed by atoms with Gasteiger partial charge in [0.25, 0.3) is 0 Å². The zero-order valence-electron chi connectivity index (χ0n) is 13.6. The lowest BCUT2D eigenvalue weighted by Crippen LogP contribution is -2.41. The summed E-state index contributed by atoms with van der Waals surface area (Å²) in [5.41, 5.74) is 0.605. The largest absolute Gasteiger partial charge is 0.463 e. The normalized spacial score (nSPS) is 22.7. The first-order valence-electron chi connectivity index (χ1n) is 7.68. The third kappa shape index (κ3) is 5.31. The van der Waals surface area contributed by atoms with E-state index in [1.807, 2.05) is 6.07 Å². The van der Waals surface area contributed by atoms with Gasteiger partial charge < -0.3 is 14.2 Å². The van der Waals surface area contributed by atoms with Gasteiger partial charge in [0.05, 0.1) is 6.10 Å². The highest BCUT2D eigenvalue weighted by Crippen LogP contribution is 2.20. The molecule has 0 aliphatic carbocycles. The Morgan fingerprint density at radius 1 is 1.04 bits per heavy atom. The summed E-state index contributed by atoms with van der Waals surface area (Å²) in [6.45, 7) is 2.53. The van der Waals surface area contributed by atoms with E-state index in [4.69, 9.17) is 14.2 Å². The van der Waals surface area contributed by atoms with Gasteiger partial charge in [-0.15, -0.1) is 0 Å². The zero-order valence-corrected chi connectivity index (χ0v) is 13.6. The lowest BCUT2D eigenvalue weighted by molar-refractivity contribution is -0.163. The Kier molecular flexibility index (Phi) is 6.26. The van der Waals surface area contributed by atoms with Crippen LogP contribution < -0.4 is 0 Å². The van der Waals surface area contributed by atoms with Crippen molar-refractivity contribution in [3.63, 3.8) is 0 Å². The van der Waals surface area contributed by atoms with E-state index in [0.717, 1.165) is 0 Å². The number of ketones is 1. The fourth-order valence-electron chi connectivity index (χ4n) is 2.39. The topological polar surface area (TPSA) is 78.9 Å². The van der Waals surface area contributed by atoms with Gasteiger partial charge >= 0.3 is 11.9 Å². The minimum Gasteiger partial charge on any atom is -0.463 e. The first-order chi connectivity index (χ1) is 11.5. The highest BCUT2D eigenvalue weighted by Gasteiger charge is 2.31. The van der Waals surface area contributed by atoms with Crippen LogP contribution in [0.25, 0.3) is 0 Å². The van der Waals surface area contributed by atoms with Crippen LogP contribution in [-0.2, 0) is 23.8 Å². The van der Waals surface area contributed by atoms with Crippen molar-refractivity contribution in [3.05, 3.63) is 48.0 Å². The lowest BCUT2D eigenvalue weighted by atomic mass is 10.0. The molecule has 1 aliphatic rings. The average molecular weight is 332 g/mol. The van der Waals surface area contributed by atoms with Gasteiger partial charge in [-0.1, -0.05) is 36.4 Å². The zero-order chi connectivity index (χ0) is 17.5. The SMILES string of the molecule is CC(=O)OC[C@H]1OC(CC(=O)c2ccccc2)C=C[C@@H]1OC(C)=O. The van der Waals surface area contributed by atoms with Gasteiger partial charge in [-0.05, 0) is 6.08 Å². The molecule has 1 aromatic carbocycles. The first kappa shape index (κ1) is 17.9. The number of esters is 2. The average Bonchev–Trinajstić information content (AvgIpc) is 2.55. The molecule has 24 heavy (non-hydrogen) atoms. The summed E-state index contributed by atoms with van der Waals surface area (Å²) in [4.78, 5) is 34.4. The second-order valence-corrected chi connectivity index (χ2v) is 5.47. The van der Waals surface area contributed by atoms with Crippen molar-refractivity contribution in [1.29, 1.82) is 0 Å². The number of carbonyl (C=O) groups excluding carboxylic acids is 3. The van der Waals surface area contributed by atoms with E-state index in [0.29, 0.717) is 5.56 Å². The van der Waals surface area contributed by atoms with Crippen molar-refractivity contribution >= 4 is 17.7 Å². The summed E-state index contributed by atoms with van der Waals surface area (Å²) in [5.74, 6) is -0.964. The van der Waals surface area contributed by atoms with Crippen LogP contribution in [0.1, 0.15) is 30.6 Å². The molecule has 6 nitrogen and oxygen atoms in total. The molecule has 0 radical (unpaired) electrons. The maximum absolute atomic E-state index is 12.3. The maximum atomic E-state index is 12.3. The van der Waals surface area contributed by atoms with E-state index < -0.39 is 30.3 Å². The van der Waals surface area contributed by atoms with E-state index in [1.54, 1.807) is 36.4 Å². The predicted molar refractivity (Wildman–Crippen MR) is 85.4 cm³/mol. The van der Waals surface area contributed by atoms with Gasteiger partial charge in [0.2, 0.25) is 0 Å². The van der Waals surface area contributed by atoms with E-state index in [2.05, 4.69) is 0 Å². The highest BCUT2D eigenvalue weighted by molar-refractivity contribution is 5.96. The van der Waals surface area contributed by atoms with Crippen LogP contribution in [-0.4, -0.2) is 42.6 Å². The number of hydrogen-bond donors (Lipinski definition) is 0. The standard InChI is InChI=1S/C18H20O6/c1-12(19)22-11-18-17(23-13(2)20)9-8-15(24-18)10-16(21)14-6-4-3-5-7-14/h3-9,15,17-18H,10-11H2,1-2H3/t15?,17-,18+/m0/s1. The third-order valence-electron chi connectivity index (χ3n) is 3.47. The summed E-state index contributed by atoms with van der Waals surface area (Å²) in [5, 5.41) is 0. The molecule has 6 heteroatoms. The van der Waals surface area contributed by atoms with Crippen molar-refractivity contribution in [1.82, 2.24) is 0 Å². The third-order valence-corrected chi connectivity index (χ3v) is 3.47. The maximum Gasteiger partial charge on any atom is 0.303 e. The molecule has 0 fully saturated rings. The molecule has 0 amide bonds. The van der Waals surface area contributed by atoms with E-state index in [1.165, 1.54) is 13.8 Å². The fraction of sp³-hybridized carbons (Fsp3) is 0.389. The van der Waals surface area contributed by atoms with Crippen molar-refractivity contribution in [3.8, 4) is 0 Å². The highest BCUT2D eigenvalue weighted by atomic mass is 16.6. The Morgan fingerprint density at radius 2 is 1.75 bits per heavy atom. The second-order valence-electron chi connectivity index (χ2n) is 5.47. The first-order valence-corrected chi connectivity index (χ1v) is 7.68. The number of ether oxygens (including phenoxy) is 3. The molecular weight excluding hydrogens is 312 g/mol. The molecule has 128 valence electrons. The molecule has 1 unspecified atom stereocenters. The minimum atomic E-state index is -0.648.